The Kier molecular flexibility index (Phi) is 3.57. The Hall–Kier alpha value is -2.37. The lowest BCUT2D eigenvalue weighted by atomic mass is 10.4. The van der Waals surface area contributed by atoms with Crippen LogP contribution in [0.3, 0.4) is 0 Å². The van der Waals surface area contributed by atoms with Crippen molar-refractivity contribution in [3.8, 4) is 0 Å². The molecule has 2 aromatic rings. The van der Waals surface area contributed by atoms with E-state index < -0.39 is 0 Å². The maximum Gasteiger partial charge on any atom is 0.287 e. The van der Waals surface area contributed by atoms with Gasteiger partial charge in [0.05, 0.1) is 12.6 Å². The van der Waals surface area contributed by atoms with Crippen molar-refractivity contribution in [1.29, 1.82) is 0 Å². The molecule has 6 nitrogen and oxygen atoms in total. The zero-order chi connectivity index (χ0) is 13.0. The molecule has 0 saturated carbocycles. The number of hydrogen-bond acceptors (Lipinski definition) is 4. The summed E-state index contributed by atoms with van der Waals surface area (Å²) < 4.78 is 6.38. The van der Waals surface area contributed by atoms with Crippen LogP contribution in [0.15, 0.2) is 40.0 Å². The quantitative estimate of drug-likeness (QED) is 0.857. The zero-order valence-corrected chi connectivity index (χ0v) is 9.92. The predicted octanol–water partition coefficient (Wildman–Crippen LogP) is 0.575. The second-order valence-corrected chi connectivity index (χ2v) is 3.80. The van der Waals surface area contributed by atoms with Gasteiger partial charge >= 0.3 is 0 Å². The first-order chi connectivity index (χ1) is 8.66. The number of amides is 1. The van der Waals surface area contributed by atoms with Crippen molar-refractivity contribution in [2.75, 3.05) is 6.54 Å². The van der Waals surface area contributed by atoms with E-state index in [1.165, 1.54) is 23.2 Å². The third-order valence-electron chi connectivity index (χ3n) is 2.40. The Morgan fingerprint density at radius 1 is 1.56 bits per heavy atom. The fraction of sp³-hybridized carbons (Fsp3) is 0.250. The van der Waals surface area contributed by atoms with E-state index in [0.717, 1.165) is 0 Å². The number of aryl methyl sites for hydroxylation is 1. The number of aromatic nitrogens is 2. The summed E-state index contributed by atoms with van der Waals surface area (Å²) in [4.78, 5) is 27.1. The average molecular weight is 247 g/mol. The average Bonchev–Trinajstić information content (AvgIpc) is 2.85. The number of rotatable bonds is 4. The van der Waals surface area contributed by atoms with Crippen molar-refractivity contribution >= 4 is 5.91 Å². The van der Waals surface area contributed by atoms with Gasteiger partial charge in [0.25, 0.3) is 11.5 Å². The van der Waals surface area contributed by atoms with Gasteiger partial charge in [0.1, 0.15) is 0 Å². The molecule has 1 N–H and O–H groups in total. The standard InChI is InChI=1S/C12H13N3O3/c1-9-7-11(16)15(8-14-9)5-4-13-12(17)10-3-2-6-18-10/h2-3,6-8H,4-5H2,1H3,(H,13,17). The lowest BCUT2D eigenvalue weighted by Gasteiger charge is -2.06. The highest BCUT2D eigenvalue weighted by atomic mass is 16.3. The summed E-state index contributed by atoms with van der Waals surface area (Å²) in [6, 6.07) is 4.67. The summed E-state index contributed by atoms with van der Waals surface area (Å²) in [5.41, 5.74) is 0.547. The van der Waals surface area contributed by atoms with Gasteiger partial charge < -0.3 is 9.73 Å². The molecule has 0 aliphatic heterocycles. The molecular weight excluding hydrogens is 234 g/mol. The first-order valence-corrected chi connectivity index (χ1v) is 5.51. The number of nitrogens with one attached hydrogen (secondary N) is 1. The van der Waals surface area contributed by atoms with Crippen molar-refractivity contribution in [3.63, 3.8) is 0 Å². The van der Waals surface area contributed by atoms with E-state index in [1.54, 1.807) is 19.1 Å². The second kappa shape index (κ2) is 5.31. The molecule has 2 rings (SSSR count). The van der Waals surface area contributed by atoms with E-state index in [9.17, 15) is 9.59 Å². The molecular formula is C12H13N3O3. The molecule has 0 saturated heterocycles. The molecule has 0 aromatic carbocycles. The molecule has 2 aromatic heterocycles. The highest BCUT2D eigenvalue weighted by Crippen LogP contribution is 1.98. The highest BCUT2D eigenvalue weighted by molar-refractivity contribution is 5.91. The van der Waals surface area contributed by atoms with Gasteiger partial charge in [0.2, 0.25) is 0 Å². The van der Waals surface area contributed by atoms with Crippen LogP contribution < -0.4 is 10.9 Å². The van der Waals surface area contributed by atoms with Crippen LogP contribution >= 0.6 is 0 Å². The van der Waals surface area contributed by atoms with Gasteiger partial charge in [-0.25, -0.2) is 4.98 Å². The summed E-state index contributed by atoms with van der Waals surface area (Å²) in [6.45, 7) is 2.47. The lowest BCUT2D eigenvalue weighted by molar-refractivity contribution is 0.0924. The van der Waals surface area contributed by atoms with Gasteiger partial charge in [-0.3, -0.25) is 14.2 Å². The number of carbonyl (C=O) groups is 1. The Bertz CT molecular complexity index is 587. The minimum Gasteiger partial charge on any atom is -0.459 e. The highest BCUT2D eigenvalue weighted by Gasteiger charge is 2.07. The van der Waals surface area contributed by atoms with E-state index >= 15 is 0 Å². The topological polar surface area (TPSA) is 77.1 Å². The minimum absolute atomic E-state index is 0.130. The van der Waals surface area contributed by atoms with Gasteiger partial charge in [0, 0.05) is 24.8 Å². The number of furan rings is 1. The van der Waals surface area contributed by atoms with Crippen LogP contribution in [0.25, 0.3) is 0 Å². The van der Waals surface area contributed by atoms with Crippen molar-refractivity contribution in [1.82, 2.24) is 14.9 Å². The summed E-state index contributed by atoms with van der Waals surface area (Å²) >= 11 is 0. The Morgan fingerprint density at radius 3 is 3.06 bits per heavy atom. The Labute approximate surface area is 103 Å². The molecule has 0 fully saturated rings. The maximum absolute atomic E-state index is 11.5. The van der Waals surface area contributed by atoms with E-state index in [-0.39, 0.29) is 17.2 Å². The largest absolute Gasteiger partial charge is 0.459 e. The van der Waals surface area contributed by atoms with Crippen molar-refractivity contribution in [2.45, 2.75) is 13.5 Å². The van der Waals surface area contributed by atoms with Gasteiger partial charge in [0.15, 0.2) is 5.76 Å². The van der Waals surface area contributed by atoms with Crippen molar-refractivity contribution < 1.29 is 9.21 Å². The molecule has 0 aliphatic carbocycles. The Morgan fingerprint density at radius 2 is 2.39 bits per heavy atom. The molecule has 2 heterocycles. The first kappa shape index (κ1) is 12.1. The molecule has 18 heavy (non-hydrogen) atoms. The second-order valence-electron chi connectivity index (χ2n) is 3.80. The summed E-state index contributed by atoms with van der Waals surface area (Å²) in [5.74, 6) is -0.0440. The van der Waals surface area contributed by atoms with Crippen LogP contribution in [0.2, 0.25) is 0 Å². The molecule has 6 heteroatoms. The van der Waals surface area contributed by atoms with E-state index in [0.29, 0.717) is 18.8 Å². The fourth-order valence-corrected chi connectivity index (χ4v) is 1.47. The predicted molar refractivity (Wildman–Crippen MR) is 64.3 cm³/mol. The zero-order valence-electron chi connectivity index (χ0n) is 9.92. The molecule has 1 amide bonds. The third-order valence-corrected chi connectivity index (χ3v) is 2.40. The summed E-state index contributed by atoms with van der Waals surface area (Å²) in [6.07, 6.45) is 2.90. The summed E-state index contributed by atoms with van der Waals surface area (Å²) in [5, 5.41) is 2.66. The van der Waals surface area contributed by atoms with Gasteiger partial charge in [-0.2, -0.15) is 0 Å². The maximum atomic E-state index is 11.5. The van der Waals surface area contributed by atoms with E-state index in [4.69, 9.17) is 4.42 Å². The molecule has 0 radical (unpaired) electrons. The molecule has 94 valence electrons. The number of nitrogens with zero attached hydrogens (tertiary/aromatic N) is 2. The lowest BCUT2D eigenvalue weighted by Crippen LogP contribution is -2.30. The van der Waals surface area contributed by atoms with Crippen molar-refractivity contribution in [3.05, 3.63) is 52.6 Å². The van der Waals surface area contributed by atoms with E-state index in [1.807, 2.05) is 0 Å². The summed E-state index contributed by atoms with van der Waals surface area (Å²) in [7, 11) is 0. The number of carbonyl (C=O) groups excluding carboxylic acids is 1. The smallest absolute Gasteiger partial charge is 0.287 e. The van der Waals surface area contributed by atoms with Gasteiger partial charge in [-0.1, -0.05) is 0 Å². The van der Waals surface area contributed by atoms with Crippen LogP contribution in [-0.4, -0.2) is 22.0 Å². The normalized spacial score (nSPS) is 10.3. The SMILES string of the molecule is Cc1cc(=O)n(CCNC(=O)c2ccco2)cn1. The molecule has 0 atom stereocenters. The molecule has 0 spiro atoms. The minimum atomic E-state index is -0.298. The van der Waals surface area contributed by atoms with Crippen LogP contribution in [-0.2, 0) is 6.54 Å². The molecule has 0 bridgehead atoms. The van der Waals surface area contributed by atoms with E-state index in [2.05, 4.69) is 10.3 Å². The van der Waals surface area contributed by atoms with Crippen LogP contribution in [0, 0.1) is 6.92 Å². The van der Waals surface area contributed by atoms with Crippen LogP contribution in [0.1, 0.15) is 16.2 Å². The fourth-order valence-electron chi connectivity index (χ4n) is 1.47. The van der Waals surface area contributed by atoms with Crippen LogP contribution in [0.5, 0.6) is 0 Å². The Balaban J connectivity index is 1.89. The molecule has 0 aliphatic rings. The molecule has 0 unspecified atom stereocenters. The van der Waals surface area contributed by atoms with Gasteiger partial charge in [-0.15, -0.1) is 0 Å². The monoisotopic (exact) mass is 247 g/mol. The number of hydrogen-bond donors (Lipinski definition) is 1. The van der Waals surface area contributed by atoms with Gasteiger partial charge in [-0.05, 0) is 19.1 Å². The van der Waals surface area contributed by atoms with Crippen molar-refractivity contribution in [2.24, 2.45) is 0 Å². The first-order valence-electron chi connectivity index (χ1n) is 5.51. The van der Waals surface area contributed by atoms with Crippen LogP contribution in [0.4, 0.5) is 0 Å². The third kappa shape index (κ3) is 2.85.